The zero-order valence-electron chi connectivity index (χ0n) is 26.7. The molecule has 2 N–H and O–H groups in total. The summed E-state index contributed by atoms with van der Waals surface area (Å²) in [5.41, 5.74) is 0.894. The third kappa shape index (κ3) is 10.1. The summed E-state index contributed by atoms with van der Waals surface area (Å²) in [7, 11) is 0. The van der Waals surface area contributed by atoms with E-state index < -0.39 is 53.2 Å². The van der Waals surface area contributed by atoms with Crippen LogP contribution in [-0.4, -0.2) is 58.1 Å². The van der Waals surface area contributed by atoms with Gasteiger partial charge in [0, 0.05) is 12.5 Å². The highest BCUT2D eigenvalue weighted by Crippen LogP contribution is 2.34. The normalized spacial score (nSPS) is 15.7. The molecule has 234 valence electrons. The SMILES string of the molecule is Cc1cccc(C(C(=O)NC(Cc2ccccc2)C(=O)OC(C)(C)C)N(C(=O)C(C)NC(=O)OC(C)(C)C)C2CCC2)c1. The molecular weight excluding hydrogens is 546 g/mol. The number of esters is 1. The van der Waals surface area contributed by atoms with Crippen LogP contribution in [0.1, 0.15) is 90.5 Å². The topological polar surface area (TPSA) is 114 Å². The molecule has 1 fully saturated rings. The maximum atomic E-state index is 14.3. The molecule has 3 rings (SSSR count). The van der Waals surface area contributed by atoms with Crippen LogP contribution < -0.4 is 10.6 Å². The maximum Gasteiger partial charge on any atom is 0.408 e. The molecule has 0 saturated heterocycles. The fourth-order valence-electron chi connectivity index (χ4n) is 4.90. The van der Waals surface area contributed by atoms with Gasteiger partial charge in [0.25, 0.3) is 0 Å². The van der Waals surface area contributed by atoms with Crippen molar-refractivity contribution in [2.45, 2.75) is 116 Å². The Kier molecular flexibility index (Phi) is 11.0. The Balaban J connectivity index is 1.99. The molecule has 0 aromatic heterocycles. The lowest BCUT2D eigenvalue weighted by Gasteiger charge is -2.43. The van der Waals surface area contributed by atoms with Crippen LogP contribution in [0.2, 0.25) is 0 Å². The number of benzene rings is 2. The van der Waals surface area contributed by atoms with Crippen molar-refractivity contribution in [2.24, 2.45) is 0 Å². The highest BCUT2D eigenvalue weighted by Gasteiger charge is 2.42. The van der Waals surface area contributed by atoms with Crippen LogP contribution in [0, 0.1) is 6.92 Å². The Morgan fingerprint density at radius 3 is 2.05 bits per heavy atom. The van der Waals surface area contributed by atoms with E-state index in [0.717, 1.165) is 30.4 Å². The largest absolute Gasteiger partial charge is 0.458 e. The number of ether oxygens (including phenoxy) is 2. The zero-order valence-corrected chi connectivity index (χ0v) is 26.7. The molecule has 43 heavy (non-hydrogen) atoms. The molecule has 0 aliphatic heterocycles. The molecule has 0 spiro atoms. The van der Waals surface area contributed by atoms with E-state index in [0.29, 0.717) is 5.56 Å². The van der Waals surface area contributed by atoms with Crippen molar-refractivity contribution in [1.82, 2.24) is 15.5 Å². The molecule has 0 bridgehead atoms. The van der Waals surface area contributed by atoms with Gasteiger partial charge < -0.3 is 25.0 Å². The lowest BCUT2D eigenvalue weighted by molar-refractivity contribution is -0.159. The van der Waals surface area contributed by atoms with Gasteiger partial charge in [-0.3, -0.25) is 9.59 Å². The zero-order chi connectivity index (χ0) is 31.9. The van der Waals surface area contributed by atoms with Crippen molar-refractivity contribution in [3.8, 4) is 0 Å². The van der Waals surface area contributed by atoms with Crippen LogP contribution in [0.15, 0.2) is 54.6 Å². The van der Waals surface area contributed by atoms with E-state index in [1.54, 1.807) is 53.4 Å². The second-order valence-corrected chi connectivity index (χ2v) is 13.3. The van der Waals surface area contributed by atoms with Crippen molar-refractivity contribution in [2.75, 3.05) is 0 Å². The number of hydrogen-bond acceptors (Lipinski definition) is 6. The number of alkyl carbamates (subject to hydrolysis) is 1. The third-order valence-corrected chi connectivity index (χ3v) is 7.00. The molecule has 9 nitrogen and oxygen atoms in total. The first-order valence-electron chi connectivity index (χ1n) is 15.0. The van der Waals surface area contributed by atoms with Gasteiger partial charge in [-0.1, -0.05) is 60.2 Å². The quantitative estimate of drug-likeness (QED) is 0.357. The number of amides is 3. The number of carbonyl (C=O) groups is 4. The minimum absolute atomic E-state index is 0.208. The minimum Gasteiger partial charge on any atom is -0.458 e. The Morgan fingerprint density at radius 1 is 0.884 bits per heavy atom. The van der Waals surface area contributed by atoms with Crippen LogP contribution in [0.3, 0.4) is 0 Å². The summed E-state index contributed by atoms with van der Waals surface area (Å²) in [4.78, 5) is 55.9. The van der Waals surface area contributed by atoms with Gasteiger partial charge in [-0.15, -0.1) is 0 Å². The molecule has 3 atom stereocenters. The maximum absolute atomic E-state index is 14.3. The molecule has 3 amide bonds. The standard InChI is InChI=1S/C34H47N3O6/c1-22-14-12-17-25(20-22)28(37(26-18-13-19-26)30(39)23(2)35-32(41)43-34(6,7)8)29(38)36-27(31(40)42-33(3,4)5)21-24-15-10-9-11-16-24/h9-12,14-17,20,23,26-28H,13,18-19,21H2,1-8H3,(H,35,41)(H,36,38). The van der Waals surface area contributed by atoms with E-state index >= 15 is 0 Å². The monoisotopic (exact) mass is 593 g/mol. The average Bonchev–Trinajstić information content (AvgIpc) is 2.85. The Labute approximate surface area is 255 Å². The van der Waals surface area contributed by atoms with Gasteiger partial charge in [0.15, 0.2) is 0 Å². The second kappa shape index (κ2) is 14.1. The summed E-state index contributed by atoms with van der Waals surface area (Å²) in [5, 5.41) is 5.57. The molecule has 2 aromatic rings. The lowest BCUT2D eigenvalue weighted by Crippen LogP contribution is -2.58. The predicted octanol–water partition coefficient (Wildman–Crippen LogP) is 5.40. The van der Waals surface area contributed by atoms with Crippen LogP contribution in [0.5, 0.6) is 0 Å². The van der Waals surface area contributed by atoms with E-state index in [1.807, 2.05) is 61.5 Å². The molecular formula is C34H47N3O6. The number of hydrogen-bond donors (Lipinski definition) is 2. The third-order valence-electron chi connectivity index (χ3n) is 7.00. The average molecular weight is 594 g/mol. The molecule has 0 heterocycles. The van der Waals surface area contributed by atoms with Gasteiger partial charge in [0.2, 0.25) is 11.8 Å². The molecule has 2 aromatic carbocycles. The molecule has 1 aliphatic rings. The minimum atomic E-state index is -1.04. The van der Waals surface area contributed by atoms with Crippen molar-refractivity contribution in [3.05, 3.63) is 71.3 Å². The summed E-state index contributed by atoms with van der Waals surface area (Å²) in [5.74, 6) is -1.47. The summed E-state index contributed by atoms with van der Waals surface area (Å²) in [6.07, 6.45) is 1.86. The van der Waals surface area contributed by atoms with Gasteiger partial charge in [-0.05, 0) is 85.8 Å². The molecule has 9 heteroatoms. The van der Waals surface area contributed by atoms with Gasteiger partial charge in [-0.2, -0.15) is 0 Å². The first kappa shape index (κ1) is 33.6. The van der Waals surface area contributed by atoms with Crippen molar-refractivity contribution in [1.29, 1.82) is 0 Å². The number of rotatable bonds is 10. The van der Waals surface area contributed by atoms with E-state index in [2.05, 4.69) is 10.6 Å². The summed E-state index contributed by atoms with van der Waals surface area (Å²) in [6.45, 7) is 14.1. The fourth-order valence-corrected chi connectivity index (χ4v) is 4.90. The number of nitrogens with zero attached hydrogens (tertiary/aromatic N) is 1. The van der Waals surface area contributed by atoms with Crippen molar-refractivity contribution in [3.63, 3.8) is 0 Å². The van der Waals surface area contributed by atoms with Crippen molar-refractivity contribution < 1.29 is 28.7 Å². The van der Waals surface area contributed by atoms with Gasteiger partial charge in [0.05, 0.1) is 0 Å². The first-order valence-corrected chi connectivity index (χ1v) is 15.0. The lowest BCUT2D eigenvalue weighted by atomic mass is 9.88. The van der Waals surface area contributed by atoms with E-state index in [1.165, 1.54) is 0 Å². The highest BCUT2D eigenvalue weighted by molar-refractivity contribution is 5.94. The summed E-state index contributed by atoms with van der Waals surface area (Å²) >= 11 is 0. The van der Waals surface area contributed by atoms with E-state index in [9.17, 15) is 19.2 Å². The van der Waals surface area contributed by atoms with Crippen LogP contribution in [0.25, 0.3) is 0 Å². The number of nitrogens with one attached hydrogen (secondary N) is 2. The Hall–Kier alpha value is -3.88. The Bertz CT molecular complexity index is 1280. The van der Waals surface area contributed by atoms with Gasteiger partial charge in [0.1, 0.15) is 29.3 Å². The predicted molar refractivity (Wildman–Crippen MR) is 165 cm³/mol. The van der Waals surface area contributed by atoms with Crippen molar-refractivity contribution >= 4 is 23.9 Å². The Morgan fingerprint density at radius 2 is 1.51 bits per heavy atom. The number of aryl methyl sites for hydroxylation is 1. The van der Waals surface area contributed by atoms with Crippen LogP contribution in [0.4, 0.5) is 4.79 Å². The summed E-state index contributed by atoms with van der Waals surface area (Å²) < 4.78 is 11.1. The second-order valence-electron chi connectivity index (χ2n) is 13.3. The van der Waals surface area contributed by atoms with Crippen LogP contribution >= 0.6 is 0 Å². The van der Waals surface area contributed by atoms with E-state index in [4.69, 9.17) is 9.47 Å². The number of carbonyl (C=O) groups excluding carboxylic acids is 4. The summed E-state index contributed by atoms with van der Waals surface area (Å²) in [6, 6.07) is 13.6. The van der Waals surface area contributed by atoms with Gasteiger partial charge >= 0.3 is 12.1 Å². The highest BCUT2D eigenvalue weighted by atomic mass is 16.6. The fraction of sp³-hybridized carbons (Fsp3) is 0.529. The first-order chi connectivity index (χ1) is 20.0. The smallest absolute Gasteiger partial charge is 0.408 e. The van der Waals surface area contributed by atoms with Gasteiger partial charge in [-0.25, -0.2) is 9.59 Å². The van der Waals surface area contributed by atoms with Crippen LogP contribution in [-0.2, 0) is 30.3 Å². The molecule has 0 radical (unpaired) electrons. The molecule has 1 saturated carbocycles. The molecule has 3 unspecified atom stereocenters. The van der Waals surface area contributed by atoms with E-state index in [-0.39, 0.29) is 12.5 Å². The molecule has 1 aliphatic carbocycles.